The van der Waals surface area contributed by atoms with Crippen LogP contribution < -0.4 is 0 Å². The van der Waals surface area contributed by atoms with Crippen molar-refractivity contribution in [3.8, 4) is 0 Å². The van der Waals surface area contributed by atoms with Gasteiger partial charge in [0.25, 0.3) is 0 Å². The summed E-state index contributed by atoms with van der Waals surface area (Å²) in [5.41, 5.74) is 2.79. The largest absolute Gasteiger partial charge is 0.385 e. The van der Waals surface area contributed by atoms with Gasteiger partial charge in [-0.3, -0.25) is 0 Å². The van der Waals surface area contributed by atoms with Crippen molar-refractivity contribution in [2.75, 3.05) is 0 Å². The lowest BCUT2D eigenvalue weighted by Crippen LogP contribution is -2.18. The Bertz CT molecular complexity index is 575. The summed E-state index contributed by atoms with van der Waals surface area (Å²) >= 11 is 0. The quantitative estimate of drug-likeness (QED) is 0.885. The Morgan fingerprint density at radius 2 is 1.63 bits per heavy atom. The van der Waals surface area contributed by atoms with Gasteiger partial charge in [0.05, 0.1) is 5.60 Å². The van der Waals surface area contributed by atoms with E-state index in [0.29, 0.717) is 0 Å². The van der Waals surface area contributed by atoms with Gasteiger partial charge in [-0.2, -0.15) is 0 Å². The lowest BCUT2D eigenvalue weighted by atomic mass is 9.92. The number of aliphatic hydroxyl groups is 1. The minimum atomic E-state index is -0.635. The maximum absolute atomic E-state index is 10.6. The fraction of sp³-hybridized carbons (Fsp3) is 0.294. The van der Waals surface area contributed by atoms with Gasteiger partial charge in [0.1, 0.15) is 12.2 Å². The molecule has 1 aliphatic rings. The van der Waals surface area contributed by atoms with E-state index in [1.165, 1.54) is 0 Å². The molecule has 3 rings (SSSR count). The van der Waals surface area contributed by atoms with Gasteiger partial charge in [0.15, 0.2) is 0 Å². The van der Waals surface area contributed by atoms with Crippen LogP contribution >= 0.6 is 0 Å². The van der Waals surface area contributed by atoms with Gasteiger partial charge in [-0.25, -0.2) is 0 Å². The average Bonchev–Trinajstić information content (AvgIpc) is 2.72. The average molecular weight is 254 g/mol. The van der Waals surface area contributed by atoms with Crippen LogP contribution in [-0.2, 0) is 10.3 Å². The molecule has 2 nitrogen and oxygen atoms in total. The van der Waals surface area contributed by atoms with Crippen LogP contribution in [0.1, 0.15) is 42.7 Å². The summed E-state index contributed by atoms with van der Waals surface area (Å²) in [5, 5.41) is 10.6. The number of ether oxygens (including phenoxy) is 1. The van der Waals surface area contributed by atoms with Gasteiger partial charge in [-0.15, -0.1) is 0 Å². The van der Waals surface area contributed by atoms with Crippen LogP contribution in [-0.4, -0.2) is 5.11 Å². The number of benzene rings is 2. The van der Waals surface area contributed by atoms with Crippen LogP contribution in [0.3, 0.4) is 0 Å². The second-order valence-electron chi connectivity index (χ2n) is 5.49. The molecule has 98 valence electrons. The van der Waals surface area contributed by atoms with Crippen LogP contribution in [0.5, 0.6) is 0 Å². The Hall–Kier alpha value is -1.64. The molecule has 0 unspecified atom stereocenters. The molecule has 1 heterocycles. The van der Waals surface area contributed by atoms with Crippen LogP contribution in [0.25, 0.3) is 0 Å². The van der Waals surface area contributed by atoms with Crippen molar-refractivity contribution in [3.63, 3.8) is 0 Å². The summed E-state index contributed by atoms with van der Waals surface area (Å²) in [5.74, 6) is 0. The second kappa shape index (κ2) is 4.48. The fourth-order valence-electron chi connectivity index (χ4n) is 2.80. The topological polar surface area (TPSA) is 29.5 Å². The fourth-order valence-corrected chi connectivity index (χ4v) is 2.80. The Kier molecular flexibility index (Phi) is 2.92. The molecule has 0 aromatic heterocycles. The molecule has 2 heteroatoms. The molecule has 2 aromatic rings. The Balaban J connectivity index is 2.00. The second-order valence-corrected chi connectivity index (χ2v) is 5.49. The van der Waals surface area contributed by atoms with Crippen LogP contribution in [0.15, 0.2) is 54.6 Å². The Labute approximate surface area is 113 Å². The first-order valence-electron chi connectivity index (χ1n) is 6.60. The molecule has 0 amide bonds. The molecule has 0 radical (unpaired) electrons. The van der Waals surface area contributed by atoms with E-state index < -0.39 is 6.10 Å². The summed E-state index contributed by atoms with van der Waals surface area (Å²) in [4.78, 5) is 0. The van der Waals surface area contributed by atoms with Crippen molar-refractivity contribution in [1.29, 1.82) is 0 Å². The van der Waals surface area contributed by atoms with E-state index in [9.17, 15) is 5.11 Å². The van der Waals surface area contributed by atoms with Crippen LogP contribution in [0, 0.1) is 0 Å². The zero-order valence-electron chi connectivity index (χ0n) is 11.2. The molecule has 2 aromatic carbocycles. The van der Waals surface area contributed by atoms with Crippen molar-refractivity contribution >= 4 is 0 Å². The molecule has 1 N–H and O–H groups in total. The molecule has 0 fully saturated rings. The van der Waals surface area contributed by atoms with Crippen LogP contribution in [0.2, 0.25) is 0 Å². The van der Waals surface area contributed by atoms with Crippen molar-refractivity contribution in [3.05, 3.63) is 71.3 Å². The zero-order valence-corrected chi connectivity index (χ0v) is 11.2. The number of aliphatic hydroxyl groups excluding tert-OH is 1. The van der Waals surface area contributed by atoms with Crippen molar-refractivity contribution in [2.24, 2.45) is 0 Å². The van der Waals surface area contributed by atoms with E-state index in [0.717, 1.165) is 16.7 Å². The number of fused-ring (bicyclic) bond motifs is 1. The monoisotopic (exact) mass is 254 g/mol. The standard InChI is InChI=1S/C17H18O2/c1-17(2)14-11-7-6-10-13(14)16(19-17)15(18)12-8-4-3-5-9-12/h3-11,15-16,18H,1-2H3/t15-,16+/m0/s1. The van der Waals surface area contributed by atoms with E-state index in [1.54, 1.807) is 0 Å². The normalized spacial score (nSPS) is 21.9. The lowest BCUT2D eigenvalue weighted by Gasteiger charge is -2.23. The SMILES string of the molecule is CC1(C)O[C@@H]([C@@H](O)c2ccccc2)c2ccccc21. The molecule has 1 aliphatic heterocycles. The third-order valence-corrected chi connectivity index (χ3v) is 3.77. The Morgan fingerprint density at radius 1 is 1.00 bits per heavy atom. The molecule has 0 spiro atoms. The molecule has 0 bridgehead atoms. The molecule has 0 aliphatic carbocycles. The zero-order chi connectivity index (χ0) is 13.5. The van der Waals surface area contributed by atoms with Gasteiger partial charge in [-0.05, 0) is 30.5 Å². The van der Waals surface area contributed by atoms with E-state index >= 15 is 0 Å². The molecule has 0 saturated heterocycles. The molecule has 0 saturated carbocycles. The molecule has 19 heavy (non-hydrogen) atoms. The van der Waals surface area contributed by atoms with Gasteiger partial charge in [0, 0.05) is 0 Å². The summed E-state index contributed by atoms with van der Waals surface area (Å²) in [6.07, 6.45) is -0.933. The van der Waals surface area contributed by atoms with E-state index in [1.807, 2.05) is 62.4 Å². The molecule has 2 atom stereocenters. The highest BCUT2D eigenvalue weighted by Crippen LogP contribution is 2.47. The van der Waals surface area contributed by atoms with Crippen molar-refractivity contribution in [1.82, 2.24) is 0 Å². The predicted molar refractivity (Wildman–Crippen MR) is 74.7 cm³/mol. The van der Waals surface area contributed by atoms with Gasteiger partial charge in [-0.1, -0.05) is 54.6 Å². The van der Waals surface area contributed by atoms with Crippen LogP contribution in [0.4, 0.5) is 0 Å². The predicted octanol–water partition coefficient (Wildman–Crippen LogP) is 3.73. The Morgan fingerprint density at radius 3 is 2.37 bits per heavy atom. The first-order valence-corrected chi connectivity index (χ1v) is 6.60. The van der Waals surface area contributed by atoms with Gasteiger partial charge in [0.2, 0.25) is 0 Å². The van der Waals surface area contributed by atoms with E-state index in [-0.39, 0.29) is 11.7 Å². The highest BCUT2D eigenvalue weighted by molar-refractivity contribution is 5.39. The summed E-state index contributed by atoms with van der Waals surface area (Å²) in [7, 11) is 0. The highest BCUT2D eigenvalue weighted by atomic mass is 16.5. The van der Waals surface area contributed by atoms with Gasteiger partial charge >= 0.3 is 0 Å². The summed E-state index contributed by atoms with van der Waals surface area (Å²) in [6, 6.07) is 17.8. The minimum Gasteiger partial charge on any atom is -0.385 e. The minimum absolute atomic E-state index is 0.298. The highest BCUT2D eigenvalue weighted by Gasteiger charge is 2.41. The molecular formula is C17H18O2. The van der Waals surface area contributed by atoms with E-state index in [4.69, 9.17) is 4.74 Å². The summed E-state index contributed by atoms with van der Waals surface area (Å²) in [6.45, 7) is 4.09. The molecular weight excluding hydrogens is 236 g/mol. The number of rotatable bonds is 2. The maximum atomic E-state index is 10.6. The van der Waals surface area contributed by atoms with E-state index in [2.05, 4.69) is 6.07 Å². The smallest absolute Gasteiger partial charge is 0.114 e. The van der Waals surface area contributed by atoms with Gasteiger partial charge < -0.3 is 9.84 Å². The summed E-state index contributed by atoms with van der Waals surface area (Å²) < 4.78 is 6.09. The van der Waals surface area contributed by atoms with Crippen molar-refractivity contribution < 1.29 is 9.84 Å². The first kappa shape index (κ1) is 12.4. The number of hydrogen-bond donors (Lipinski definition) is 1. The third-order valence-electron chi connectivity index (χ3n) is 3.77. The third kappa shape index (κ3) is 2.07. The first-order chi connectivity index (χ1) is 9.09. The number of hydrogen-bond acceptors (Lipinski definition) is 2. The lowest BCUT2D eigenvalue weighted by molar-refractivity contribution is -0.105. The van der Waals surface area contributed by atoms with Crippen molar-refractivity contribution in [2.45, 2.75) is 31.7 Å². The maximum Gasteiger partial charge on any atom is 0.114 e.